The molecule has 0 radical (unpaired) electrons. The van der Waals surface area contributed by atoms with Crippen LogP contribution in [0.2, 0.25) is 0 Å². The lowest BCUT2D eigenvalue weighted by Gasteiger charge is -0.734. The van der Waals surface area contributed by atoms with Gasteiger partial charge in [0, 0.05) is 0 Å². The van der Waals surface area contributed by atoms with Gasteiger partial charge in [-0.3, -0.25) is 0 Å². The van der Waals surface area contributed by atoms with E-state index < -0.39 is 0 Å². The quantitative estimate of drug-likeness (QED) is 0.325. The molecule has 5 nitrogen and oxygen atoms in total. The molecule has 0 aliphatic heterocycles. The van der Waals surface area contributed by atoms with E-state index in [9.17, 15) is 0 Å². The van der Waals surface area contributed by atoms with E-state index in [1.807, 2.05) is 0 Å². The van der Waals surface area contributed by atoms with Gasteiger partial charge in [-0.1, -0.05) is 0 Å². The van der Waals surface area contributed by atoms with Crippen LogP contribution in [0, 0.1) is 0 Å². The zero-order chi connectivity index (χ0) is 2.00. The summed E-state index contributed by atoms with van der Waals surface area (Å²) in [4.78, 5) is 0. The van der Waals surface area contributed by atoms with Gasteiger partial charge in [0.1, 0.15) is 0 Å². The first-order chi connectivity index (χ1) is 1.00. The fourth-order valence-electron chi connectivity index (χ4n) is 0. The number of hydrogen-bond acceptors (Lipinski definition) is 2. The van der Waals surface area contributed by atoms with Crippen LogP contribution in [0.4, 0.5) is 0 Å². The van der Waals surface area contributed by atoms with Crippen molar-refractivity contribution < 1.29 is 26.1 Å². The Balaban J connectivity index is -0.000000000833. The van der Waals surface area contributed by atoms with Crippen LogP contribution in [0.15, 0.2) is 0 Å². The molecule has 0 fully saturated rings. The maximum absolute atomic E-state index is 7.83. The summed E-state index contributed by atoms with van der Waals surface area (Å²) < 4.78 is 7.83. The molecular formula is H8O5S. The molecule has 0 unspecified atom stereocenters. The van der Waals surface area contributed by atoms with Crippen molar-refractivity contribution in [2.45, 2.75) is 0 Å². The Morgan fingerprint density at radius 3 is 0.667 bits per heavy atom. The van der Waals surface area contributed by atoms with Crippen LogP contribution < -0.4 is 0 Å². The first-order valence-corrected chi connectivity index (χ1v) is 0.500. The Kier molecular flexibility index (Phi) is 115000. The molecule has 0 saturated carbocycles. The molecule has 44 valence electrons. The lowest BCUT2D eigenvalue weighted by atomic mass is 16.0. The monoisotopic (exact) mass is 120 g/mol. The van der Waals surface area contributed by atoms with Gasteiger partial charge in [0.2, 0.25) is 0 Å². The summed E-state index contributed by atoms with van der Waals surface area (Å²) >= 11 is 2.83. The Hall–Kier alpha value is -0.140. The van der Waals surface area contributed by atoms with Crippen LogP contribution in [0.25, 0.3) is 0 Å². The van der Waals surface area contributed by atoms with Gasteiger partial charge in [0.15, 0.2) is 12.5 Å². The Morgan fingerprint density at radius 1 is 0.667 bits per heavy atom. The van der Waals surface area contributed by atoms with E-state index in [0.717, 1.165) is 0 Å². The lowest BCUT2D eigenvalue weighted by Crippen LogP contribution is -0.894. The maximum Gasteiger partial charge on any atom is 0.197 e. The van der Waals surface area contributed by atoms with Crippen molar-refractivity contribution >= 4 is 12.5 Å². The number of rotatable bonds is 0. The van der Waals surface area contributed by atoms with E-state index in [0.29, 0.717) is 0 Å². The Labute approximate surface area is 39.7 Å². The third-order valence-corrected chi connectivity index (χ3v) is 0. The normalized spacial score (nSPS) is 0.667. The fourth-order valence-corrected chi connectivity index (χ4v) is 0. The van der Waals surface area contributed by atoms with Crippen molar-refractivity contribution in [2.75, 3.05) is 0 Å². The SMILES string of the molecule is O.O.O.O.O=S. The molecular weight excluding hydrogens is 112 g/mol. The second kappa shape index (κ2) is 3690. The zero-order valence-corrected chi connectivity index (χ0v) is 3.63. The van der Waals surface area contributed by atoms with Crippen molar-refractivity contribution in [3.05, 3.63) is 0 Å². The van der Waals surface area contributed by atoms with Crippen molar-refractivity contribution in [1.82, 2.24) is 0 Å². The second-order valence-corrected chi connectivity index (χ2v) is 0. The Bertz CT molecular complexity index is 3.90. The zero-order valence-electron chi connectivity index (χ0n) is 2.82. The maximum atomic E-state index is 7.83. The third-order valence-electron chi connectivity index (χ3n) is 0. The first-order valence-electron chi connectivity index (χ1n) is 0.167. The molecule has 0 saturated heterocycles. The molecule has 0 amide bonds. The van der Waals surface area contributed by atoms with Crippen LogP contribution in [0.5, 0.6) is 0 Å². The molecule has 0 aromatic carbocycles. The van der Waals surface area contributed by atoms with Gasteiger partial charge in [0.25, 0.3) is 0 Å². The van der Waals surface area contributed by atoms with E-state index in [1.54, 1.807) is 0 Å². The average molecular weight is 120 g/mol. The van der Waals surface area contributed by atoms with Gasteiger partial charge in [-0.05, 0) is 0 Å². The van der Waals surface area contributed by atoms with Gasteiger partial charge in [0.05, 0.1) is 0 Å². The van der Waals surface area contributed by atoms with Crippen molar-refractivity contribution in [3.8, 4) is 0 Å². The van der Waals surface area contributed by atoms with Crippen LogP contribution in [-0.2, 0) is 12.5 Å². The van der Waals surface area contributed by atoms with Gasteiger partial charge in [-0.25, -0.2) is 0 Å². The highest BCUT2D eigenvalue weighted by atomic mass is 32.1. The smallest absolute Gasteiger partial charge is 0.197 e. The van der Waals surface area contributed by atoms with Crippen molar-refractivity contribution in [1.29, 1.82) is 0 Å². The highest BCUT2D eigenvalue weighted by Crippen LogP contribution is 0.558. The van der Waals surface area contributed by atoms with Gasteiger partial charge in [-0.15, -0.1) is 0 Å². The van der Waals surface area contributed by atoms with E-state index in [-0.39, 0.29) is 21.9 Å². The summed E-state index contributed by atoms with van der Waals surface area (Å²) in [5, 5.41) is 0. The van der Waals surface area contributed by atoms with Crippen molar-refractivity contribution in [2.24, 2.45) is 0 Å². The number of hydrogen-bond donors (Lipinski definition) is 0. The standard InChI is InChI=1S/OS.4H2O/c1-2;;;;/h;4*1H2. The fraction of sp³-hybridized carbons (Fsp3) is 0. The molecule has 0 spiro atoms. The Morgan fingerprint density at radius 2 is 0.667 bits per heavy atom. The average Bonchev–Trinajstić information content (AvgIpc) is 1.00. The molecule has 0 aliphatic rings. The molecule has 8 N–H and O–H groups in total. The molecule has 6 heteroatoms. The van der Waals surface area contributed by atoms with Crippen molar-refractivity contribution in [3.63, 3.8) is 0 Å². The van der Waals surface area contributed by atoms with Crippen LogP contribution in [0.1, 0.15) is 0 Å². The van der Waals surface area contributed by atoms with Crippen LogP contribution >= 0.6 is 0 Å². The minimum absolute atomic E-state index is 0. The van der Waals surface area contributed by atoms with E-state index >= 15 is 0 Å². The third kappa shape index (κ3) is 1610. The molecule has 0 atom stereocenters. The molecule has 6 heavy (non-hydrogen) atoms. The molecule has 0 bridgehead atoms. The highest BCUT2D eigenvalue weighted by Gasteiger charge is 0.734. The van der Waals surface area contributed by atoms with E-state index in [4.69, 9.17) is 4.21 Å². The minimum Gasteiger partial charge on any atom is -0.412 e. The summed E-state index contributed by atoms with van der Waals surface area (Å²) in [6, 6.07) is 0. The van der Waals surface area contributed by atoms with E-state index in [2.05, 4.69) is 12.5 Å². The summed E-state index contributed by atoms with van der Waals surface area (Å²) in [5.74, 6) is 0. The second-order valence-electron chi connectivity index (χ2n) is 0. The topological polar surface area (TPSA) is 143 Å². The molecule has 0 rings (SSSR count). The lowest BCUT2D eigenvalue weighted by molar-refractivity contribution is 0.702. The van der Waals surface area contributed by atoms with Crippen LogP contribution in [0.3, 0.4) is 0 Å². The van der Waals surface area contributed by atoms with Gasteiger partial charge in [-0.2, -0.15) is 4.21 Å². The molecule has 0 aliphatic carbocycles. The summed E-state index contributed by atoms with van der Waals surface area (Å²) in [6.07, 6.45) is 0. The molecule has 0 aromatic heterocycles. The molecule has 0 heterocycles. The summed E-state index contributed by atoms with van der Waals surface area (Å²) in [7, 11) is 0. The summed E-state index contributed by atoms with van der Waals surface area (Å²) in [6.45, 7) is 0. The van der Waals surface area contributed by atoms with Gasteiger partial charge < -0.3 is 21.9 Å². The minimum atomic E-state index is 0. The molecule has 0 aromatic rings. The predicted molar refractivity (Wildman–Crippen MR) is 22.6 cm³/mol. The van der Waals surface area contributed by atoms with Crippen LogP contribution in [-0.4, -0.2) is 26.1 Å². The predicted octanol–water partition coefficient (Wildman–Crippen LogP) is -3.64. The summed E-state index contributed by atoms with van der Waals surface area (Å²) in [5.41, 5.74) is 0. The highest BCUT2D eigenvalue weighted by molar-refractivity contribution is 7.44. The van der Waals surface area contributed by atoms with Gasteiger partial charge >= 0.3 is 0 Å². The first kappa shape index (κ1) is 187. The van der Waals surface area contributed by atoms with E-state index in [1.165, 1.54) is 0 Å². The largest absolute Gasteiger partial charge is 0.412 e.